The molecule has 0 radical (unpaired) electrons. The van der Waals surface area contributed by atoms with E-state index in [1.165, 1.54) is 25.6 Å². The molecule has 0 spiro atoms. The Kier molecular flexibility index (Phi) is 14.0. The van der Waals surface area contributed by atoms with Crippen molar-refractivity contribution >= 4 is 41.4 Å². The van der Waals surface area contributed by atoms with Crippen LogP contribution in [-0.2, 0) is 19.2 Å². The van der Waals surface area contributed by atoms with Gasteiger partial charge in [-0.3, -0.25) is 19.4 Å². The number of guanidine groups is 1. The van der Waals surface area contributed by atoms with Gasteiger partial charge in [0, 0.05) is 6.54 Å². The molecule has 0 aromatic carbocycles. The number of carbonyl (C=O) groups excluding carboxylic acids is 3. The number of aliphatic hydroxyl groups is 1. The number of hydrogen-bond acceptors (Lipinski definition) is 8. The Balaban J connectivity index is 4.91. The summed E-state index contributed by atoms with van der Waals surface area (Å²) in [5, 5.41) is 25.9. The smallest absolute Gasteiger partial charge is 0.328 e. The first-order chi connectivity index (χ1) is 14.9. The molecule has 0 aromatic heterocycles. The number of nitrogens with two attached hydrogens (primary N) is 3. The molecule has 32 heavy (non-hydrogen) atoms. The number of carboxylic acids is 1. The highest BCUT2D eigenvalue weighted by Gasteiger charge is 2.30. The zero-order valence-electron chi connectivity index (χ0n) is 18.5. The molecule has 0 saturated carbocycles. The number of aliphatic carboxylic acids is 1. The molecule has 0 bridgehead atoms. The Morgan fingerprint density at radius 3 is 2.12 bits per heavy atom. The molecule has 5 unspecified atom stereocenters. The van der Waals surface area contributed by atoms with Gasteiger partial charge in [0.1, 0.15) is 12.1 Å². The standard InChI is InChI=1S/C18H35N7O6S/c1-9(23-15(28)11(19)5-4-7-22-18(20)21)14(27)24-12(6-8-32-3)16(29)25-13(10(2)26)17(30)31/h9-13,26H,4-8,19H2,1-3H3,(H,23,28)(H,24,27)(H,25,29)(H,30,31)(H4,20,21,22). The molecule has 0 fully saturated rings. The maximum absolute atomic E-state index is 12.5. The fourth-order valence-electron chi connectivity index (χ4n) is 2.48. The Morgan fingerprint density at radius 2 is 1.62 bits per heavy atom. The molecular weight excluding hydrogens is 442 g/mol. The zero-order valence-corrected chi connectivity index (χ0v) is 19.4. The quantitative estimate of drug-likeness (QED) is 0.0678. The summed E-state index contributed by atoms with van der Waals surface area (Å²) in [4.78, 5) is 52.2. The highest BCUT2D eigenvalue weighted by Crippen LogP contribution is 2.04. The second-order valence-corrected chi connectivity index (χ2v) is 8.18. The van der Waals surface area contributed by atoms with Gasteiger partial charge in [-0.1, -0.05) is 0 Å². The molecule has 13 nitrogen and oxygen atoms in total. The highest BCUT2D eigenvalue weighted by atomic mass is 32.2. The van der Waals surface area contributed by atoms with Gasteiger partial charge in [0.25, 0.3) is 0 Å². The first kappa shape index (κ1) is 29.4. The summed E-state index contributed by atoms with van der Waals surface area (Å²) >= 11 is 1.43. The van der Waals surface area contributed by atoms with Crippen molar-refractivity contribution in [3.05, 3.63) is 0 Å². The van der Waals surface area contributed by atoms with E-state index in [1.54, 1.807) is 0 Å². The van der Waals surface area contributed by atoms with Gasteiger partial charge in [-0.2, -0.15) is 11.8 Å². The van der Waals surface area contributed by atoms with Gasteiger partial charge in [-0.25, -0.2) is 4.79 Å². The lowest BCUT2D eigenvalue weighted by molar-refractivity contribution is -0.145. The lowest BCUT2D eigenvalue weighted by Crippen LogP contribution is -2.57. The van der Waals surface area contributed by atoms with Gasteiger partial charge >= 0.3 is 5.97 Å². The second kappa shape index (κ2) is 15.3. The Hall–Kier alpha value is -2.58. The van der Waals surface area contributed by atoms with Crippen molar-refractivity contribution in [2.75, 3.05) is 18.6 Å². The minimum absolute atomic E-state index is 0.0588. The highest BCUT2D eigenvalue weighted by molar-refractivity contribution is 7.98. The van der Waals surface area contributed by atoms with Crippen molar-refractivity contribution in [3.63, 3.8) is 0 Å². The number of carboxylic acid groups (broad SMARTS) is 1. The molecule has 0 aliphatic heterocycles. The molecule has 3 amide bonds. The zero-order chi connectivity index (χ0) is 24.8. The van der Waals surface area contributed by atoms with Crippen molar-refractivity contribution < 1.29 is 29.4 Å². The van der Waals surface area contributed by atoms with E-state index in [0.29, 0.717) is 25.1 Å². The Bertz CT molecular complexity index is 672. The van der Waals surface area contributed by atoms with E-state index in [4.69, 9.17) is 22.3 Å². The number of nitrogens with one attached hydrogen (secondary N) is 3. The molecule has 11 N–H and O–H groups in total. The fraction of sp³-hybridized carbons (Fsp3) is 0.722. The number of aliphatic imine (C=N–C) groups is 1. The largest absolute Gasteiger partial charge is 0.480 e. The average molecular weight is 478 g/mol. The number of aliphatic hydroxyl groups excluding tert-OH is 1. The third-order valence-electron chi connectivity index (χ3n) is 4.35. The predicted molar refractivity (Wildman–Crippen MR) is 122 cm³/mol. The SMILES string of the molecule is CSCCC(NC(=O)C(C)NC(=O)C(N)CCCN=C(N)N)C(=O)NC(C(=O)O)C(C)O. The first-order valence-electron chi connectivity index (χ1n) is 10.0. The van der Waals surface area contributed by atoms with E-state index in [-0.39, 0.29) is 12.4 Å². The molecule has 0 aromatic rings. The summed E-state index contributed by atoms with van der Waals surface area (Å²) < 4.78 is 0. The van der Waals surface area contributed by atoms with Crippen LogP contribution in [0, 0.1) is 0 Å². The number of hydrogen-bond donors (Lipinski definition) is 8. The van der Waals surface area contributed by atoms with Crippen molar-refractivity contribution in [2.24, 2.45) is 22.2 Å². The van der Waals surface area contributed by atoms with E-state index >= 15 is 0 Å². The van der Waals surface area contributed by atoms with Gasteiger partial charge in [0.2, 0.25) is 17.7 Å². The third kappa shape index (κ3) is 11.7. The van der Waals surface area contributed by atoms with Crippen LogP contribution in [0.1, 0.15) is 33.1 Å². The van der Waals surface area contributed by atoms with Crippen LogP contribution in [0.5, 0.6) is 0 Å². The van der Waals surface area contributed by atoms with Crippen molar-refractivity contribution in [1.29, 1.82) is 0 Å². The summed E-state index contributed by atoms with van der Waals surface area (Å²) in [7, 11) is 0. The lowest BCUT2D eigenvalue weighted by Gasteiger charge is -2.24. The molecule has 14 heteroatoms. The molecule has 0 saturated heterocycles. The molecule has 0 aliphatic rings. The minimum Gasteiger partial charge on any atom is -0.480 e. The van der Waals surface area contributed by atoms with E-state index < -0.39 is 54.0 Å². The summed E-state index contributed by atoms with van der Waals surface area (Å²) in [5.41, 5.74) is 16.2. The third-order valence-corrected chi connectivity index (χ3v) is 4.99. The first-order valence-corrected chi connectivity index (χ1v) is 11.4. The van der Waals surface area contributed by atoms with E-state index in [9.17, 15) is 24.3 Å². The van der Waals surface area contributed by atoms with Crippen LogP contribution < -0.4 is 33.2 Å². The number of nitrogens with zero attached hydrogens (tertiary/aromatic N) is 1. The fourth-order valence-corrected chi connectivity index (χ4v) is 2.95. The van der Waals surface area contributed by atoms with Crippen LogP contribution in [0.25, 0.3) is 0 Å². The molecule has 0 rings (SSSR count). The van der Waals surface area contributed by atoms with Crippen molar-refractivity contribution in [3.8, 4) is 0 Å². The molecule has 5 atom stereocenters. The van der Waals surface area contributed by atoms with Gasteiger partial charge in [-0.05, 0) is 45.1 Å². The minimum atomic E-state index is -1.52. The predicted octanol–water partition coefficient (Wildman–Crippen LogP) is -2.94. The van der Waals surface area contributed by atoms with Crippen molar-refractivity contribution in [2.45, 2.75) is 63.4 Å². The van der Waals surface area contributed by atoms with Crippen LogP contribution in [0.4, 0.5) is 0 Å². The van der Waals surface area contributed by atoms with Crippen LogP contribution in [0.2, 0.25) is 0 Å². The van der Waals surface area contributed by atoms with Gasteiger partial charge in [0.05, 0.1) is 12.1 Å². The number of carbonyl (C=O) groups is 4. The second-order valence-electron chi connectivity index (χ2n) is 7.19. The molecule has 0 aliphatic carbocycles. The monoisotopic (exact) mass is 477 g/mol. The van der Waals surface area contributed by atoms with Crippen molar-refractivity contribution in [1.82, 2.24) is 16.0 Å². The van der Waals surface area contributed by atoms with Crippen LogP contribution in [0.15, 0.2) is 4.99 Å². The Labute approximate surface area is 191 Å². The van der Waals surface area contributed by atoms with E-state index in [2.05, 4.69) is 20.9 Å². The summed E-state index contributed by atoms with van der Waals surface area (Å²) in [5.74, 6) is -2.91. The molecular formula is C18H35N7O6S. The van der Waals surface area contributed by atoms with Gasteiger partial charge in [0.15, 0.2) is 12.0 Å². The maximum Gasteiger partial charge on any atom is 0.328 e. The molecule has 184 valence electrons. The van der Waals surface area contributed by atoms with E-state index in [0.717, 1.165) is 0 Å². The Morgan fingerprint density at radius 1 is 1.00 bits per heavy atom. The van der Waals surface area contributed by atoms with Gasteiger partial charge < -0.3 is 43.4 Å². The topological polar surface area (TPSA) is 235 Å². The normalized spacial score (nSPS) is 15.4. The number of rotatable bonds is 15. The van der Waals surface area contributed by atoms with Crippen LogP contribution in [-0.4, -0.2) is 88.7 Å². The summed E-state index contributed by atoms with van der Waals surface area (Å²) in [6, 6.07) is -4.45. The molecule has 0 heterocycles. The lowest BCUT2D eigenvalue weighted by atomic mass is 10.1. The van der Waals surface area contributed by atoms with E-state index in [1.807, 2.05) is 6.26 Å². The van der Waals surface area contributed by atoms with Crippen LogP contribution >= 0.6 is 11.8 Å². The van der Waals surface area contributed by atoms with Crippen LogP contribution in [0.3, 0.4) is 0 Å². The number of thioether (sulfide) groups is 1. The van der Waals surface area contributed by atoms with Gasteiger partial charge in [-0.15, -0.1) is 0 Å². The summed E-state index contributed by atoms with van der Waals surface area (Å²) in [6.07, 6.45) is 1.46. The summed E-state index contributed by atoms with van der Waals surface area (Å²) in [6.45, 7) is 2.97. The average Bonchev–Trinajstić information content (AvgIpc) is 2.70. The maximum atomic E-state index is 12.5. The number of amides is 3.